The van der Waals surface area contributed by atoms with E-state index in [-0.39, 0.29) is 0 Å². The Hall–Kier alpha value is -1.95. The average Bonchev–Trinajstić information content (AvgIpc) is 2.66. The summed E-state index contributed by atoms with van der Waals surface area (Å²) in [5.74, 6) is 1.14. The smallest absolute Gasteiger partial charge is 0.240 e. The number of hydrogen-bond donors (Lipinski definition) is 1. The highest BCUT2D eigenvalue weighted by Gasteiger charge is 2.06. The van der Waals surface area contributed by atoms with Crippen molar-refractivity contribution in [2.24, 2.45) is 7.05 Å². The maximum atomic E-state index is 5.65. The van der Waals surface area contributed by atoms with Crippen LogP contribution in [0.5, 0.6) is 11.8 Å². The van der Waals surface area contributed by atoms with Crippen LogP contribution >= 0.6 is 0 Å². The Kier molecular flexibility index (Phi) is 3.88. The van der Waals surface area contributed by atoms with E-state index in [1.54, 1.807) is 17.1 Å². The van der Waals surface area contributed by atoms with Gasteiger partial charge in [-0.15, -0.1) is 0 Å². The second-order valence-electron chi connectivity index (χ2n) is 3.98. The molecule has 18 heavy (non-hydrogen) atoms. The molecule has 2 aromatic heterocycles. The van der Waals surface area contributed by atoms with Crippen LogP contribution in [0.15, 0.2) is 18.5 Å². The molecule has 0 aliphatic rings. The summed E-state index contributed by atoms with van der Waals surface area (Å²) >= 11 is 0. The summed E-state index contributed by atoms with van der Waals surface area (Å²) in [5, 5.41) is 7.41. The van der Waals surface area contributed by atoms with Gasteiger partial charge in [-0.25, -0.2) is 9.67 Å². The molecular weight excluding hydrogens is 230 g/mol. The number of nitrogens with zero attached hydrogens (tertiary/aromatic N) is 4. The van der Waals surface area contributed by atoms with Crippen molar-refractivity contribution in [1.29, 1.82) is 0 Å². The minimum Gasteiger partial charge on any atom is -0.419 e. The van der Waals surface area contributed by atoms with Gasteiger partial charge in [-0.2, -0.15) is 5.10 Å². The van der Waals surface area contributed by atoms with E-state index in [0.29, 0.717) is 18.3 Å². The maximum absolute atomic E-state index is 5.65. The predicted molar refractivity (Wildman–Crippen MR) is 67.4 cm³/mol. The first kappa shape index (κ1) is 12.5. The van der Waals surface area contributed by atoms with Crippen LogP contribution in [-0.2, 0) is 13.6 Å². The molecule has 0 amide bonds. The van der Waals surface area contributed by atoms with Crippen LogP contribution in [-0.4, -0.2) is 26.3 Å². The fraction of sp³-hybridized carbons (Fsp3) is 0.417. The predicted octanol–water partition coefficient (Wildman–Crippen LogP) is 1.42. The second kappa shape index (κ2) is 5.59. The third kappa shape index (κ3) is 3.04. The minimum absolute atomic E-state index is 0.480. The first-order valence-corrected chi connectivity index (χ1v) is 5.89. The number of ether oxygens (including phenoxy) is 1. The van der Waals surface area contributed by atoms with Gasteiger partial charge in [-0.3, -0.25) is 4.98 Å². The molecule has 0 bridgehead atoms. The van der Waals surface area contributed by atoms with Crippen molar-refractivity contribution in [2.45, 2.75) is 20.4 Å². The molecule has 0 spiro atoms. The van der Waals surface area contributed by atoms with E-state index in [4.69, 9.17) is 4.74 Å². The molecule has 0 saturated carbocycles. The van der Waals surface area contributed by atoms with Crippen molar-refractivity contribution >= 4 is 0 Å². The summed E-state index contributed by atoms with van der Waals surface area (Å²) < 4.78 is 7.32. The maximum Gasteiger partial charge on any atom is 0.240 e. The highest BCUT2D eigenvalue weighted by Crippen LogP contribution is 2.18. The molecule has 2 aromatic rings. The standard InChI is InChI=1S/C12H17N5O/c1-4-13-6-10-7-14-8-11(15-10)18-12-5-9(2)16-17(12)3/h5,7-8,13H,4,6H2,1-3H3. The third-order valence-electron chi connectivity index (χ3n) is 2.39. The Morgan fingerprint density at radius 2 is 2.22 bits per heavy atom. The van der Waals surface area contributed by atoms with Crippen molar-refractivity contribution in [2.75, 3.05) is 6.54 Å². The lowest BCUT2D eigenvalue weighted by Gasteiger charge is -2.06. The van der Waals surface area contributed by atoms with Gasteiger partial charge in [0.2, 0.25) is 11.8 Å². The molecule has 0 radical (unpaired) electrons. The highest BCUT2D eigenvalue weighted by molar-refractivity contribution is 5.20. The van der Waals surface area contributed by atoms with Gasteiger partial charge in [0.25, 0.3) is 0 Å². The zero-order valence-electron chi connectivity index (χ0n) is 10.8. The van der Waals surface area contributed by atoms with Crippen LogP contribution in [0.1, 0.15) is 18.3 Å². The van der Waals surface area contributed by atoms with Gasteiger partial charge < -0.3 is 10.1 Å². The van der Waals surface area contributed by atoms with Crippen LogP contribution in [0.25, 0.3) is 0 Å². The summed E-state index contributed by atoms with van der Waals surface area (Å²) in [7, 11) is 1.83. The van der Waals surface area contributed by atoms with E-state index in [1.807, 2.05) is 27.0 Å². The second-order valence-corrected chi connectivity index (χ2v) is 3.98. The van der Waals surface area contributed by atoms with E-state index in [0.717, 1.165) is 17.9 Å². The van der Waals surface area contributed by atoms with E-state index >= 15 is 0 Å². The zero-order chi connectivity index (χ0) is 13.0. The molecule has 2 heterocycles. The lowest BCUT2D eigenvalue weighted by Crippen LogP contribution is -2.13. The van der Waals surface area contributed by atoms with Crippen LogP contribution in [0, 0.1) is 6.92 Å². The van der Waals surface area contributed by atoms with Gasteiger partial charge in [0.05, 0.1) is 17.6 Å². The number of rotatable bonds is 5. The van der Waals surface area contributed by atoms with Gasteiger partial charge in [-0.05, 0) is 13.5 Å². The van der Waals surface area contributed by atoms with Crippen molar-refractivity contribution in [3.63, 3.8) is 0 Å². The number of nitrogens with one attached hydrogen (secondary N) is 1. The topological polar surface area (TPSA) is 64.9 Å². The number of aryl methyl sites for hydroxylation is 2. The van der Waals surface area contributed by atoms with Crippen LogP contribution in [0.4, 0.5) is 0 Å². The Morgan fingerprint density at radius 1 is 1.39 bits per heavy atom. The van der Waals surface area contributed by atoms with Gasteiger partial charge in [-0.1, -0.05) is 6.92 Å². The van der Waals surface area contributed by atoms with Crippen LogP contribution in [0.2, 0.25) is 0 Å². The lowest BCUT2D eigenvalue weighted by molar-refractivity contribution is 0.411. The number of aromatic nitrogens is 4. The molecule has 0 aliphatic carbocycles. The largest absolute Gasteiger partial charge is 0.419 e. The van der Waals surface area contributed by atoms with E-state index in [9.17, 15) is 0 Å². The Bertz CT molecular complexity index is 523. The van der Waals surface area contributed by atoms with Crippen molar-refractivity contribution in [1.82, 2.24) is 25.1 Å². The summed E-state index contributed by atoms with van der Waals surface area (Å²) in [6.07, 6.45) is 3.32. The first-order valence-electron chi connectivity index (χ1n) is 5.89. The summed E-state index contributed by atoms with van der Waals surface area (Å²) in [6.45, 7) is 5.55. The third-order valence-corrected chi connectivity index (χ3v) is 2.39. The molecule has 2 rings (SSSR count). The van der Waals surface area contributed by atoms with Gasteiger partial charge >= 0.3 is 0 Å². The molecule has 0 aliphatic heterocycles. The van der Waals surface area contributed by atoms with E-state index in [1.165, 1.54) is 0 Å². The zero-order valence-corrected chi connectivity index (χ0v) is 10.8. The summed E-state index contributed by atoms with van der Waals surface area (Å²) in [6, 6.07) is 1.86. The van der Waals surface area contributed by atoms with E-state index in [2.05, 4.69) is 20.4 Å². The van der Waals surface area contributed by atoms with Crippen molar-refractivity contribution in [3.8, 4) is 11.8 Å². The van der Waals surface area contributed by atoms with Crippen LogP contribution in [0.3, 0.4) is 0 Å². The normalized spacial score (nSPS) is 10.6. The highest BCUT2D eigenvalue weighted by atomic mass is 16.5. The molecule has 6 heteroatoms. The molecule has 0 atom stereocenters. The van der Waals surface area contributed by atoms with Gasteiger partial charge in [0.1, 0.15) is 0 Å². The Balaban J connectivity index is 2.11. The number of hydrogen-bond acceptors (Lipinski definition) is 5. The monoisotopic (exact) mass is 247 g/mol. The minimum atomic E-state index is 0.480. The molecule has 0 fully saturated rings. The molecule has 0 unspecified atom stereocenters. The summed E-state index contributed by atoms with van der Waals surface area (Å²) in [4.78, 5) is 8.48. The average molecular weight is 247 g/mol. The van der Waals surface area contributed by atoms with Gasteiger partial charge in [0, 0.05) is 25.9 Å². The first-order chi connectivity index (χ1) is 8.69. The SMILES string of the molecule is CCNCc1cncc(Oc2cc(C)nn2C)n1. The molecular formula is C12H17N5O. The Labute approximate surface area is 106 Å². The van der Waals surface area contributed by atoms with Crippen LogP contribution < -0.4 is 10.1 Å². The molecule has 0 saturated heterocycles. The molecule has 1 N–H and O–H groups in total. The molecule has 96 valence electrons. The lowest BCUT2D eigenvalue weighted by atomic mass is 10.4. The van der Waals surface area contributed by atoms with E-state index < -0.39 is 0 Å². The van der Waals surface area contributed by atoms with Crippen molar-refractivity contribution < 1.29 is 4.74 Å². The van der Waals surface area contributed by atoms with Gasteiger partial charge in [0.15, 0.2) is 0 Å². The quantitative estimate of drug-likeness (QED) is 0.865. The Morgan fingerprint density at radius 3 is 2.89 bits per heavy atom. The molecule has 6 nitrogen and oxygen atoms in total. The summed E-state index contributed by atoms with van der Waals surface area (Å²) in [5.41, 5.74) is 1.76. The molecule has 0 aromatic carbocycles. The fourth-order valence-corrected chi connectivity index (χ4v) is 1.56. The van der Waals surface area contributed by atoms with Crippen molar-refractivity contribution in [3.05, 3.63) is 29.8 Å². The fourth-order valence-electron chi connectivity index (χ4n) is 1.56.